The highest BCUT2D eigenvalue weighted by atomic mass is 127. The quantitative estimate of drug-likeness (QED) is 0.334. The third-order valence-corrected chi connectivity index (χ3v) is 3.48. The molecule has 0 unspecified atom stereocenters. The van der Waals surface area contributed by atoms with E-state index in [9.17, 15) is 0 Å². The molecular formula is C19H29IN4O2. The number of nitrogens with zero attached hydrogens (tertiary/aromatic N) is 2. The molecular weight excluding hydrogens is 443 g/mol. The first-order valence-corrected chi connectivity index (χ1v) is 8.58. The maximum Gasteiger partial charge on any atom is 0.191 e. The van der Waals surface area contributed by atoms with Gasteiger partial charge in [-0.05, 0) is 50.8 Å². The summed E-state index contributed by atoms with van der Waals surface area (Å²) in [5, 5.41) is 6.50. The third-order valence-electron chi connectivity index (χ3n) is 3.48. The number of benzene rings is 1. The van der Waals surface area contributed by atoms with E-state index in [0.29, 0.717) is 19.7 Å². The van der Waals surface area contributed by atoms with E-state index in [4.69, 9.17) is 9.15 Å². The van der Waals surface area contributed by atoms with Gasteiger partial charge in [0.1, 0.15) is 18.1 Å². The van der Waals surface area contributed by atoms with E-state index in [2.05, 4.69) is 26.6 Å². The average molecular weight is 472 g/mol. The van der Waals surface area contributed by atoms with Crippen molar-refractivity contribution in [3.63, 3.8) is 0 Å². The first-order chi connectivity index (χ1) is 12.2. The molecule has 1 aromatic carbocycles. The number of halogens is 1. The summed E-state index contributed by atoms with van der Waals surface area (Å²) < 4.78 is 11.1. The lowest BCUT2D eigenvalue weighted by Crippen LogP contribution is -2.36. The fraction of sp³-hybridized carbons (Fsp3) is 0.421. The van der Waals surface area contributed by atoms with E-state index < -0.39 is 0 Å². The Morgan fingerprint density at radius 1 is 1.19 bits per heavy atom. The van der Waals surface area contributed by atoms with Crippen molar-refractivity contribution in [1.82, 2.24) is 15.5 Å². The summed E-state index contributed by atoms with van der Waals surface area (Å²) in [5.41, 5.74) is 1.11. The lowest BCUT2D eigenvalue weighted by Gasteiger charge is -2.12. The Morgan fingerprint density at radius 2 is 2.04 bits per heavy atom. The van der Waals surface area contributed by atoms with Crippen LogP contribution in [0.1, 0.15) is 18.2 Å². The zero-order chi connectivity index (χ0) is 17.9. The van der Waals surface area contributed by atoms with E-state index in [1.54, 1.807) is 6.26 Å². The maximum atomic E-state index is 5.77. The van der Waals surface area contributed by atoms with Crippen LogP contribution in [0.25, 0.3) is 0 Å². The second-order valence-electron chi connectivity index (χ2n) is 5.93. The second kappa shape index (κ2) is 12.6. The van der Waals surface area contributed by atoms with Crippen LogP contribution >= 0.6 is 24.0 Å². The standard InChI is InChI=1S/C19H28N4O2.HI/c1-4-20-19(22-15-18-9-6-11-24-18)21-14-16-7-5-8-17(13-16)25-12-10-23(2)3;/h5-9,11,13H,4,10,12,14-15H2,1-3H3,(H2,20,21,22);1H. The van der Waals surface area contributed by atoms with Crippen molar-refractivity contribution in [2.24, 2.45) is 4.99 Å². The summed E-state index contributed by atoms with van der Waals surface area (Å²) in [6.07, 6.45) is 1.67. The molecule has 0 radical (unpaired) electrons. The van der Waals surface area contributed by atoms with E-state index >= 15 is 0 Å². The van der Waals surface area contributed by atoms with Crippen molar-refractivity contribution >= 4 is 29.9 Å². The predicted molar refractivity (Wildman–Crippen MR) is 116 cm³/mol. The molecule has 2 N–H and O–H groups in total. The predicted octanol–water partition coefficient (Wildman–Crippen LogP) is 3.09. The minimum atomic E-state index is 0. The monoisotopic (exact) mass is 472 g/mol. The minimum absolute atomic E-state index is 0. The first kappa shape index (κ1) is 22.3. The number of nitrogens with one attached hydrogen (secondary N) is 2. The second-order valence-corrected chi connectivity index (χ2v) is 5.93. The van der Waals surface area contributed by atoms with Crippen LogP contribution in [-0.2, 0) is 13.1 Å². The molecule has 144 valence electrons. The van der Waals surface area contributed by atoms with Crippen LogP contribution in [0.3, 0.4) is 0 Å². The van der Waals surface area contributed by atoms with Crippen LogP contribution in [0.15, 0.2) is 52.1 Å². The van der Waals surface area contributed by atoms with E-state index in [1.807, 2.05) is 51.4 Å². The first-order valence-electron chi connectivity index (χ1n) is 8.58. The molecule has 0 aliphatic rings. The molecule has 26 heavy (non-hydrogen) atoms. The van der Waals surface area contributed by atoms with Gasteiger partial charge in [-0.25, -0.2) is 4.99 Å². The number of hydrogen-bond acceptors (Lipinski definition) is 4. The van der Waals surface area contributed by atoms with Gasteiger partial charge in [0, 0.05) is 13.1 Å². The molecule has 7 heteroatoms. The van der Waals surface area contributed by atoms with Gasteiger partial charge in [0.25, 0.3) is 0 Å². The van der Waals surface area contributed by atoms with Gasteiger partial charge in [-0.1, -0.05) is 12.1 Å². The third kappa shape index (κ3) is 8.57. The Bertz CT molecular complexity index is 645. The normalized spacial score (nSPS) is 11.2. The largest absolute Gasteiger partial charge is 0.492 e. The minimum Gasteiger partial charge on any atom is -0.492 e. The Labute approximate surface area is 173 Å². The van der Waals surface area contributed by atoms with Gasteiger partial charge in [0.05, 0.1) is 19.4 Å². The van der Waals surface area contributed by atoms with Crippen molar-refractivity contribution in [3.8, 4) is 5.75 Å². The highest BCUT2D eigenvalue weighted by Crippen LogP contribution is 2.14. The summed E-state index contributed by atoms with van der Waals surface area (Å²) in [7, 11) is 4.07. The molecule has 2 rings (SSSR count). The average Bonchev–Trinajstić information content (AvgIpc) is 3.11. The Hall–Kier alpha value is -1.74. The molecule has 0 saturated heterocycles. The van der Waals surface area contributed by atoms with Gasteiger partial charge in [-0.2, -0.15) is 0 Å². The summed E-state index contributed by atoms with van der Waals surface area (Å²) in [6.45, 7) is 5.60. The molecule has 0 aliphatic heterocycles. The van der Waals surface area contributed by atoms with E-state index in [-0.39, 0.29) is 24.0 Å². The van der Waals surface area contributed by atoms with Crippen molar-refractivity contribution in [2.75, 3.05) is 33.8 Å². The van der Waals surface area contributed by atoms with Gasteiger partial charge in [0.2, 0.25) is 0 Å². The number of rotatable bonds is 9. The van der Waals surface area contributed by atoms with Gasteiger partial charge < -0.3 is 24.7 Å². The number of aliphatic imine (C=N–C) groups is 1. The summed E-state index contributed by atoms with van der Waals surface area (Å²) in [6, 6.07) is 11.9. The molecule has 0 spiro atoms. The lowest BCUT2D eigenvalue weighted by molar-refractivity contribution is 0.261. The molecule has 0 amide bonds. The van der Waals surface area contributed by atoms with Crippen molar-refractivity contribution in [2.45, 2.75) is 20.0 Å². The summed E-state index contributed by atoms with van der Waals surface area (Å²) in [5.74, 6) is 2.52. The Morgan fingerprint density at radius 3 is 2.73 bits per heavy atom. The zero-order valence-corrected chi connectivity index (χ0v) is 18.0. The number of likely N-dealkylation sites (N-methyl/N-ethyl adjacent to an activating group) is 1. The zero-order valence-electron chi connectivity index (χ0n) is 15.7. The van der Waals surface area contributed by atoms with Gasteiger partial charge in [0.15, 0.2) is 5.96 Å². The number of guanidine groups is 1. The molecule has 0 saturated carbocycles. The Balaban J connectivity index is 0.00000338. The van der Waals surface area contributed by atoms with Crippen LogP contribution in [-0.4, -0.2) is 44.7 Å². The van der Waals surface area contributed by atoms with Crippen molar-refractivity contribution < 1.29 is 9.15 Å². The van der Waals surface area contributed by atoms with Gasteiger partial charge in [-0.15, -0.1) is 24.0 Å². The van der Waals surface area contributed by atoms with Gasteiger partial charge in [-0.3, -0.25) is 0 Å². The molecule has 0 atom stereocenters. The molecule has 6 nitrogen and oxygen atoms in total. The fourth-order valence-corrected chi connectivity index (χ4v) is 2.18. The molecule has 1 heterocycles. The number of ether oxygens (including phenoxy) is 1. The number of hydrogen-bond donors (Lipinski definition) is 2. The summed E-state index contributed by atoms with van der Waals surface area (Å²) >= 11 is 0. The SMILES string of the molecule is CCNC(=NCc1cccc(OCCN(C)C)c1)NCc1ccco1.I. The van der Waals surface area contributed by atoms with Crippen LogP contribution in [0.5, 0.6) is 5.75 Å². The highest BCUT2D eigenvalue weighted by molar-refractivity contribution is 14.0. The number of furan rings is 1. The van der Waals surface area contributed by atoms with Crippen LogP contribution in [0.4, 0.5) is 0 Å². The molecule has 1 aromatic heterocycles. The van der Waals surface area contributed by atoms with Gasteiger partial charge >= 0.3 is 0 Å². The van der Waals surface area contributed by atoms with Crippen LogP contribution in [0, 0.1) is 0 Å². The maximum absolute atomic E-state index is 5.77. The smallest absolute Gasteiger partial charge is 0.191 e. The van der Waals surface area contributed by atoms with Crippen LogP contribution < -0.4 is 15.4 Å². The summed E-state index contributed by atoms with van der Waals surface area (Å²) in [4.78, 5) is 6.72. The van der Waals surface area contributed by atoms with E-state index in [0.717, 1.165) is 36.1 Å². The topological polar surface area (TPSA) is 62.0 Å². The Kier molecular flexibility index (Phi) is 10.8. The van der Waals surface area contributed by atoms with Crippen molar-refractivity contribution in [1.29, 1.82) is 0 Å². The van der Waals surface area contributed by atoms with Crippen molar-refractivity contribution in [3.05, 3.63) is 54.0 Å². The molecule has 0 bridgehead atoms. The lowest BCUT2D eigenvalue weighted by atomic mass is 10.2. The molecule has 0 fully saturated rings. The molecule has 2 aromatic rings. The van der Waals surface area contributed by atoms with E-state index in [1.165, 1.54) is 0 Å². The molecule has 0 aliphatic carbocycles. The highest BCUT2D eigenvalue weighted by Gasteiger charge is 2.01. The fourth-order valence-electron chi connectivity index (χ4n) is 2.18. The van der Waals surface area contributed by atoms with Crippen LogP contribution in [0.2, 0.25) is 0 Å².